The summed E-state index contributed by atoms with van der Waals surface area (Å²) in [6.07, 6.45) is 4.36. The summed E-state index contributed by atoms with van der Waals surface area (Å²) in [5, 5.41) is 3.57. The molecule has 2 aliphatic rings. The van der Waals surface area contributed by atoms with Gasteiger partial charge in [-0.05, 0) is 49.6 Å². The molecule has 0 aliphatic carbocycles. The van der Waals surface area contributed by atoms with Crippen LogP contribution in [0.3, 0.4) is 0 Å². The van der Waals surface area contributed by atoms with E-state index in [-0.39, 0.29) is 30.9 Å². The normalized spacial score (nSPS) is 19.0. The predicted octanol–water partition coefficient (Wildman–Crippen LogP) is 3.57. The monoisotopic (exact) mass is 411 g/mol. The fraction of sp³-hybridized carbons (Fsp3) is 0.450. The van der Waals surface area contributed by atoms with Crippen LogP contribution in [0.1, 0.15) is 12.8 Å². The molecule has 2 aromatic rings. The van der Waals surface area contributed by atoms with Gasteiger partial charge in [-0.3, -0.25) is 0 Å². The second-order valence-corrected chi connectivity index (χ2v) is 6.77. The van der Waals surface area contributed by atoms with Crippen molar-refractivity contribution in [1.29, 1.82) is 0 Å². The highest BCUT2D eigenvalue weighted by molar-refractivity contribution is 5.85. The number of anilines is 1. The van der Waals surface area contributed by atoms with Gasteiger partial charge in [0.2, 0.25) is 0 Å². The highest BCUT2D eigenvalue weighted by Crippen LogP contribution is 2.30. The molecular weight excluding hydrogens is 385 g/mol. The molecule has 148 valence electrons. The minimum Gasteiger partial charge on any atom is -0.486 e. The topological polar surface area (TPSA) is 46.6 Å². The van der Waals surface area contributed by atoms with E-state index in [2.05, 4.69) is 27.3 Å². The average Bonchev–Trinajstić information content (AvgIpc) is 2.69. The number of nitrogens with zero attached hydrogens (tertiary/aromatic N) is 2. The molecule has 7 heteroatoms. The number of halogens is 2. The molecule has 0 spiro atoms. The molecule has 1 saturated heterocycles. The van der Waals surface area contributed by atoms with Gasteiger partial charge in [0.1, 0.15) is 18.5 Å². The van der Waals surface area contributed by atoms with Gasteiger partial charge in [0.25, 0.3) is 0 Å². The van der Waals surface area contributed by atoms with Crippen molar-refractivity contribution < 1.29 is 9.47 Å². The zero-order valence-corrected chi connectivity index (χ0v) is 16.9. The number of para-hydroxylation sites is 2. The Morgan fingerprint density at radius 3 is 2.44 bits per heavy atom. The van der Waals surface area contributed by atoms with E-state index in [0.29, 0.717) is 6.61 Å². The van der Waals surface area contributed by atoms with Crippen LogP contribution in [0.15, 0.2) is 48.7 Å². The van der Waals surface area contributed by atoms with Crippen LogP contribution in [-0.4, -0.2) is 43.9 Å². The number of piperidine rings is 1. The highest BCUT2D eigenvalue weighted by Gasteiger charge is 2.22. The summed E-state index contributed by atoms with van der Waals surface area (Å²) in [5.74, 6) is 3.52. The molecule has 1 N–H and O–H groups in total. The molecule has 1 atom stereocenters. The fourth-order valence-corrected chi connectivity index (χ4v) is 3.52. The van der Waals surface area contributed by atoms with Crippen molar-refractivity contribution in [1.82, 2.24) is 10.3 Å². The summed E-state index contributed by atoms with van der Waals surface area (Å²) in [7, 11) is 0. The standard InChI is InChI=1S/C20H25N3O2.2ClH/c1-2-6-19-18(5-1)24-15-17(25-19)14-21-13-16-8-11-23(12-9-16)20-7-3-4-10-22-20;;/h1-7,10,16-17,21H,8-9,11-15H2;2*1H. The van der Waals surface area contributed by atoms with Crippen LogP contribution < -0.4 is 19.7 Å². The summed E-state index contributed by atoms with van der Waals surface area (Å²) in [4.78, 5) is 6.83. The molecule has 0 saturated carbocycles. The van der Waals surface area contributed by atoms with Crippen LogP contribution in [0.4, 0.5) is 5.82 Å². The zero-order valence-electron chi connectivity index (χ0n) is 15.3. The van der Waals surface area contributed by atoms with Crippen molar-refractivity contribution in [2.24, 2.45) is 5.92 Å². The van der Waals surface area contributed by atoms with Crippen molar-refractivity contribution in [3.63, 3.8) is 0 Å². The molecule has 1 aromatic carbocycles. The molecule has 1 unspecified atom stereocenters. The second kappa shape index (κ2) is 10.6. The van der Waals surface area contributed by atoms with Crippen molar-refractivity contribution >= 4 is 30.6 Å². The predicted molar refractivity (Wildman–Crippen MR) is 113 cm³/mol. The van der Waals surface area contributed by atoms with Gasteiger partial charge >= 0.3 is 0 Å². The first kappa shape index (κ1) is 21.6. The highest BCUT2D eigenvalue weighted by atomic mass is 35.5. The fourth-order valence-electron chi connectivity index (χ4n) is 3.52. The minimum atomic E-state index is 0. The number of aromatic nitrogens is 1. The first-order chi connectivity index (χ1) is 12.4. The molecule has 2 aliphatic heterocycles. The Hall–Kier alpha value is -1.69. The Kier molecular flexibility index (Phi) is 8.48. The van der Waals surface area contributed by atoms with Crippen LogP contribution in [0.25, 0.3) is 0 Å². The first-order valence-electron chi connectivity index (χ1n) is 9.13. The van der Waals surface area contributed by atoms with Crippen LogP contribution >= 0.6 is 24.8 Å². The van der Waals surface area contributed by atoms with Gasteiger partial charge in [-0.1, -0.05) is 18.2 Å². The van der Waals surface area contributed by atoms with Crippen LogP contribution in [0.5, 0.6) is 11.5 Å². The molecule has 0 bridgehead atoms. The third-order valence-corrected chi connectivity index (χ3v) is 4.96. The minimum absolute atomic E-state index is 0. The maximum Gasteiger partial charge on any atom is 0.161 e. The molecular formula is C20H27Cl2N3O2. The number of pyridine rings is 1. The number of hydrogen-bond donors (Lipinski definition) is 1. The number of ether oxygens (including phenoxy) is 2. The Bertz CT molecular complexity index is 682. The van der Waals surface area contributed by atoms with E-state index in [1.165, 1.54) is 12.8 Å². The van der Waals surface area contributed by atoms with Crippen molar-refractivity contribution in [2.75, 3.05) is 37.7 Å². The Balaban J connectivity index is 0.00000131. The van der Waals surface area contributed by atoms with E-state index in [9.17, 15) is 0 Å². The molecule has 0 amide bonds. The zero-order chi connectivity index (χ0) is 16.9. The van der Waals surface area contributed by atoms with Crippen molar-refractivity contribution in [2.45, 2.75) is 18.9 Å². The number of rotatable bonds is 5. The van der Waals surface area contributed by atoms with Gasteiger partial charge in [-0.25, -0.2) is 4.98 Å². The Labute approximate surface area is 173 Å². The van der Waals surface area contributed by atoms with Gasteiger partial charge in [-0.2, -0.15) is 0 Å². The summed E-state index contributed by atoms with van der Waals surface area (Å²) >= 11 is 0. The largest absolute Gasteiger partial charge is 0.486 e. The van der Waals surface area contributed by atoms with E-state index in [4.69, 9.17) is 9.47 Å². The van der Waals surface area contributed by atoms with Gasteiger partial charge in [0, 0.05) is 25.8 Å². The summed E-state index contributed by atoms with van der Waals surface area (Å²) in [6.45, 7) is 4.65. The molecule has 27 heavy (non-hydrogen) atoms. The molecule has 4 rings (SSSR count). The van der Waals surface area contributed by atoms with Crippen molar-refractivity contribution in [3.8, 4) is 11.5 Å². The lowest BCUT2D eigenvalue weighted by atomic mass is 9.96. The number of nitrogens with one attached hydrogen (secondary N) is 1. The third kappa shape index (κ3) is 5.64. The van der Waals surface area contributed by atoms with Crippen molar-refractivity contribution in [3.05, 3.63) is 48.7 Å². The van der Waals surface area contributed by atoms with E-state index < -0.39 is 0 Å². The van der Waals surface area contributed by atoms with E-state index in [1.54, 1.807) is 0 Å². The number of fused-ring (bicyclic) bond motifs is 1. The summed E-state index contributed by atoms with van der Waals surface area (Å²) in [6, 6.07) is 14.0. The van der Waals surface area contributed by atoms with Gasteiger partial charge in [0.05, 0.1) is 0 Å². The number of benzene rings is 1. The maximum absolute atomic E-state index is 5.99. The quantitative estimate of drug-likeness (QED) is 0.814. The summed E-state index contributed by atoms with van der Waals surface area (Å²) < 4.78 is 11.8. The molecule has 0 radical (unpaired) electrons. The molecule has 1 aromatic heterocycles. The third-order valence-electron chi connectivity index (χ3n) is 4.96. The smallest absolute Gasteiger partial charge is 0.161 e. The lowest BCUT2D eigenvalue weighted by molar-refractivity contribution is 0.0894. The SMILES string of the molecule is Cl.Cl.c1ccc(N2CCC(CNCC3COc4ccccc4O3)CC2)nc1. The number of hydrogen-bond acceptors (Lipinski definition) is 5. The second-order valence-electron chi connectivity index (χ2n) is 6.77. The first-order valence-corrected chi connectivity index (χ1v) is 9.13. The Morgan fingerprint density at radius 2 is 1.70 bits per heavy atom. The van der Waals surface area contributed by atoms with E-state index in [0.717, 1.165) is 49.4 Å². The van der Waals surface area contributed by atoms with E-state index in [1.807, 2.05) is 36.5 Å². The van der Waals surface area contributed by atoms with Gasteiger partial charge in [-0.15, -0.1) is 24.8 Å². The summed E-state index contributed by atoms with van der Waals surface area (Å²) in [5.41, 5.74) is 0. The lowest BCUT2D eigenvalue weighted by Crippen LogP contribution is -2.42. The van der Waals surface area contributed by atoms with Crippen LogP contribution in [0.2, 0.25) is 0 Å². The Morgan fingerprint density at radius 1 is 0.963 bits per heavy atom. The molecule has 1 fully saturated rings. The van der Waals surface area contributed by atoms with Gasteiger partial charge < -0.3 is 19.7 Å². The molecule has 5 nitrogen and oxygen atoms in total. The lowest BCUT2D eigenvalue weighted by Gasteiger charge is -2.33. The van der Waals surface area contributed by atoms with E-state index >= 15 is 0 Å². The average molecular weight is 412 g/mol. The van der Waals surface area contributed by atoms with Crippen LogP contribution in [0, 0.1) is 5.92 Å². The van der Waals surface area contributed by atoms with Crippen LogP contribution in [-0.2, 0) is 0 Å². The maximum atomic E-state index is 5.99. The molecule has 3 heterocycles. The van der Waals surface area contributed by atoms with Gasteiger partial charge in [0.15, 0.2) is 11.5 Å².